The Bertz CT molecular complexity index is 1170. The van der Waals surface area contributed by atoms with E-state index in [9.17, 15) is 18.0 Å². The van der Waals surface area contributed by atoms with Gasteiger partial charge in [-0.15, -0.1) is 11.3 Å². The summed E-state index contributed by atoms with van der Waals surface area (Å²) in [7, 11) is -4.07. The molecule has 1 unspecified atom stereocenters. The van der Waals surface area contributed by atoms with Crippen molar-refractivity contribution < 1.29 is 18.0 Å². The molecule has 0 radical (unpaired) electrons. The Kier molecular flexibility index (Phi) is 5.68. The van der Waals surface area contributed by atoms with Gasteiger partial charge in [-0.25, -0.2) is 13.4 Å². The van der Waals surface area contributed by atoms with Crippen LogP contribution in [0.25, 0.3) is 10.2 Å². The Morgan fingerprint density at radius 2 is 1.86 bits per heavy atom. The number of benzene rings is 2. The van der Waals surface area contributed by atoms with Crippen LogP contribution in [0.5, 0.6) is 0 Å². The summed E-state index contributed by atoms with van der Waals surface area (Å²) in [5.74, 6) is -1.03. The molecule has 1 aliphatic carbocycles. The molecule has 0 aliphatic heterocycles. The van der Waals surface area contributed by atoms with E-state index in [4.69, 9.17) is 0 Å². The van der Waals surface area contributed by atoms with Gasteiger partial charge in [0.25, 0.3) is 0 Å². The second-order valence-electron chi connectivity index (χ2n) is 7.15. The number of para-hydroxylation sites is 1. The number of Topliss-reactive ketones (excluding diaryl/α,β-unsaturated/α-hetero) is 2. The molecule has 29 heavy (non-hydrogen) atoms. The molecule has 2 aromatic carbocycles. The van der Waals surface area contributed by atoms with Gasteiger partial charge >= 0.3 is 0 Å². The Morgan fingerprint density at radius 1 is 1.14 bits per heavy atom. The number of hydrogen-bond donors (Lipinski definition) is 0. The van der Waals surface area contributed by atoms with E-state index in [0.717, 1.165) is 16.0 Å². The molecular formula is C21H18BrNO4S2. The largest absolute Gasteiger partial charge is 0.300 e. The van der Waals surface area contributed by atoms with Gasteiger partial charge in [-0.05, 0) is 37.0 Å². The van der Waals surface area contributed by atoms with Crippen molar-refractivity contribution in [2.45, 2.75) is 35.3 Å². The quantitative estimate of drug-likeness (QED) is 0.476. The molecule has 0 bridgehead atoms. The van der Waals surface area contributed by atoms with Crippen LogP contribution in [-0.2, 0) is 14.6 Å². The van der Waals surface area contributed by atoms with E-state index in [-0.39, 0.29) is 16.5 Å². The molecular weight excluding hydrogens is 474 g/mol. The second kappa shape index (κ2) is 8.08. The number of thiazole rings is 1. The number of nitrogens with zero attached hydrogens (tertiary/aromatic N) is 1. The van der Waals surface area contributed by atoms with Gasteiger partial charge in [0.05, 0.1) is 10.2 Å². The lowest BCUT2D eigenvalue weighted by Gasteiger charge is -2.28. The van der Waals surface area contributed by atoms with Crippen LogP contribution < -0.4 is 0 Å². The fourth-order valence-corrected chi connectivity index (χ4v) is 7.63. The second-order valence-corrected chi connectivity index (χ2v) is 11.3. The summed E-state index contributed by atoms with van der Waals surface area (Å²) in [5, 5.41) is -1.33. The monoisotopic (exact) mass is 491 g/mol. The van der Waals surface area contributed by atoms with E-state index < -0.39 is 26.8 Å². The summed E-state index contributed by atoms with van der Waals surface area (Å²) in [6, 6.07) is 14.0. The number of ketones is 2. The zero-order valence-electron chi connectivity index (χ0n) is 15.4. The lowest BCUT2D eigenvalue weighted by molar-refractivity contribution is -0.121. The van der Waals surface area contributed by atoms with Crippen molar-refractivity contribution in [1.29, 1.82) is 0 Å². The van der Waals surface area contributed by atoms with Gasteiger partial charge in [0, 0.05) is 22.9 Å². The number of rotatable bonds is 5. The first-order valence-corrected chi connectivity index (χ1v) is 12.4. The zero-order chi connectivity index (χ0) is 20.6. The highest BCUT2D eigenvalue weighted by Gasteiger charge is 2.44. The summed E-state index contributed by atoms with van der Waals surface area (Å²) in [6.07, 6.45) is 1.66. The summed E-state index contributed by atoms with van der Waals surface area (Å²) in [4.78, 5) is 29.8. The van der Waals surface area contributed by atoms with Crippen LogP contribution in [0.3, 0.4) is 0 Å². The van der Waals surface area contributed by atoms with Gasteiger partial charge in [-0.2, -0.15) is 0 Å². The summed E-state index contributed by atoms with van der Waals surface area (Å²) in [6.45, 7) is 0. The highest BCUT2D eigenvalue weighted by atomic mass is 79.9. The van der Waals surface area contributed by atoms with Crippen molar-refractivity contribution in [2.75, 3.05) is 0 Å². The lowest BCUT2D eigenvalue weighted by atomic mass is 9.83. The fourth-order valence-electron chi connectivity index (χ4n) is 3.82. The van der Waals surface area contributed by atoms with Crippen LogP contribution in [0.1, 0.15) is 36.0 Å². The van der Waals surface area contributed by atoms with Crippen LogP contribution in [-0.4, -0.2) is 30.2 Å². The molecule has 1 saturated carbocycles. The maximum Gasteiger partial charge on any atom is 0.215 e. The number of aromatic nitrogens is 1. The molecule has 5 nitrogen and oxygen atoms in total. The molecule has 1 fully saturated rings. The minimum Gasteiger partial charge on any atom is -0.300 e. The minimum atomic E-state index is -4.07. The number of sulfone groups is 1. The summed E-state index contributed by atoms with van der Waals surface area (Å²) >= 11 is 4.42. The van der Waals surface area contributed by atoms with Crippen LogP contribution in [0.4, 0.5) is 0 Å². The van der Waals surface area contributed by atoms with Crippen molar-refractivity contribution in [1.82, 2.24) is 4.98 Å². The Labute approximate surface area is 181 Å². The van der Waals surface area contributed by atoms with E-state index in [0.29, 0.717) is 34.8 Å². The Morgan fingerprint density at radius 3 is 2.59 bits per heavy atom. The van der Waals surface area contributed by atoms with Gasteiger partial charge in [0.15, 0.2) is 5.78 Å². The topological polar surface area (TPSA) is 81.2 Å². The van der Waals surface area contributed by atoms with Crippen LogP contribution in [0, 0.1) is 5.92 Å². The molecule has 0 amide bonds. The predicted octanol–water partition coefficient (Wildman–Crippen LogP) is 4.84. The van der Waals surface area contributed by atoms with E-state index in [1.54, 1.807) is 42.5 Å². The molecule has 150 valence electrons. The minimum absolute atomic E-state index is 0.00526. The molecule has 1 aromatic heterocycles. The SMILES string of the molecule is O=C1CCC[C@H](C(C(=O)c2ccccc2Br)S(=O)(=O)c2nc3ccccc3s2)C1. The zero-order valence-corrected chi connectivity index (χ0v) is 18.6. The molecule has 2 atom stereocenters. The van der Waals surface area contributed by atoms with Crippen LogP contribution >= 0.6 is 27.3 Å². The van der Waals surface area contributed by atoms with Gasteiger partial charge in [0.1, 0.15) is 11.0 Å². The first-order chi connectivity index (χ1) is 13.9. The van der Waals surface area contributed by atoms with Crippen molar-refractivity contribution >= 4 is 58.9 Å². The molecule has 0 spiro atoms. The third kappa shape index (κ3) is 3.93. The van der Waals surface area contributed by atoms with Crippen molar-refractivity contribution in [3.05, 3.63) is 58.6 Å². The van der Waals surface area contributed by atoms with E-state index in [1.165, 1.54) is 0 Å². The standard InChI is InChI=1S/C21H18BrNO4S2/c22-16-9-2-1-8-15(16)19(25)20(13-6-5-7-14(24)12-13)29(26,27)21-23-17-10-3-4-11-18(17)28-21/h1-4,8-11,13,20H,5-7,12H2/t13-,20?/m0/s1. The number of halogens is 1. The molecule has 0 saturated heterocycles. The van der Waals surface area contributed by atoms with Crippen molar-refractivity contribution in [3.8, 4) is 0 Å². The maximum atomic E-state index is 13.6. The third-order valence-electron chi connectivity index (χ3n) is 5.20. The molecule has 3 aromatic rings. The molecule has 1 aliphatic rings. The van der Waals surface area contributed by atoms with E-state index in [2.05, 4.69) is 20.9 Å². The molecule has 1 heterocycles. The third-order valence-corrected chi connectivity index (χ3v) is 9.51. The summed E-state index contributed by atoms with van der Waals surface area (Å²) in [5.41, 5.74) is 0.892. The number of carbonyl (C=O) groups excluding carboxylic acids is 2. The smallest absolute Gasteiger partial charge is 0.215 e. The van der Waals surface area contributed by atoms with E-state index in [1.807, 2.05) is 6.07 Å². The molecule has 8 heteroatoms. The van der Waals surface area contributed by atoms with Crippen molar-refractivity contribution in [3.63, 3.8) is 0 Å². The molecule has 4 rings (SSSR count). The lowest BCUT2D eigenvalue weighted by Crippen LogP contribution is -2.40. The van der Waals surface area contributed by atoms with Crippen molar-refractivity contribution in [2.24, 2.45) is 5.92 Å². The first-order valence-electron chi connectivity index (χ1n) is 9.28. The van der Waals surface area contributed by atoms with Gasteiger partial charge < -0.3 is 0 Å². The fraction of sp³-hybridized carbons (Fsp3) is 0.286. The van der Waals surface area contributed by atoms with Crippen LogP contribution in [0.2, 0.25) is 0 Å². The summed E-state index contributed by atoms with van der Waals surface area (Å²) < 4.78 is 28.5. The highest BCUT2D eigenvalue weighted by molar-refractivity contribution is 9.10. The van der Waals surface area contributed by atoms with Crippen LogP contribution in [0.15, 0.2) is 57.3 Å². The first kappa shape index (κ1) is 20.4. The Hall–Kier alpha value is -1.90. The highest BCUT2D eigenvalue weighted by Crippen LogP contribution is 2.36. The molecule has 0 N–H and O–H groups in total. The van der Waals surface area contributed by atoms with Gasteiger partial charge in [-0.3, -0.25) is 9.59 Å². The Balaban J connectivity index is 1.83. The van der Waals surface area contributed by atoms with E-state index >= 15 is 0 Å². The normalized spacial score (nSPS) is 18.7. The average Bonchev–Trinajstić information content (AvgIpc) is 3.13. The number of carbonyl (C=O) groups is 2. The number of fused-ring (bicyclic) bond motifs is 1. The average molecular weight is 492 g/mol. The van der Waals surface area contributed by atoms with Gasteiger partial charge in [-0.1, -0.05) is 46.3 Å². The predicted molar refractivity (Wildman–Crippen MR) is 116 cm³/mol. The van der Waals surface area contributed by atoms with Gasteiger partial charge in [0.2, 0.25) is 14.2 Å². The number of hydrogen-bond acceptors (Lipinski definition) is 6. The maximum absolute atomic E-state index is 13.6.